The fourth-order valence-corrected chi connectivity index (χ4v) is 2.94. The zero-order valence-electron chi connectivity index (χ0n) is 12.0. The summed E-state index contributed by atoms with van der Waals surface area (Å²) in [4.78, 5) is 4.41. The minimum absolute atomic E-state index is 0.112. The molecule has 0 aliphatic heterocycles. The zero-order chi connectivity index (χ0) is 14.7. The predicted molar refractivity (Wildman–Crippen MR) is 83.1 cm³/mol. The second-order valence-corrected chi connectivity index (χ2v) is 5.74. The third-order valence-corrected chi connectivity index (χ3v) is 3.76. The molecular formula is C14H20BrN5. The molecule has 0 aliphatic carbocycles. The summed E-state index contributed by atoms with van der Waals surface area (Å²) in [6.07, 6.45) is 2.84. The number of hydrazine groups is 1. The Labute approximate surface area is 127 Å². The maximum Gasteiger partial charge on any atom is 0.0891 e. The summed E-state index contributed by atoms with van der Waals surface area (Å²) in [5.41, 5.74) is 7.00. The molecule has 2 heterocycles. The zero-order valence-corrected chi connectivity index (χ0v) is 13.6. The van der Waals surface area contributed by atoms with Gasteiger partial charge in [-0.25, -0.2) is 5.43 Å². The number of pyridine rings is 1. The summed E-state index contributed by atoms with van der Waals surface area (Å²) in [5.74, 6) is 5.80. The molecule has 0 saturated carbocycles. The van der Waals surface area contributed by atoms with Crippen LogP contribution in [0.3, 0.4) is 0 Å². The van der Waals surface area contributed by atoms with E-state index in [2.05, 4.69) is 38.4 Å². The van der Waals surface area contributed by atoms with Crippen molar-refractivity contribution in [2.45, 2.75) is 39.8 Å². The summed E-state index contributed by atoms with van der Waals surface area (Å²) in [7, 11) is 0. The first-order chi connectivity index (χ1) is 9.56. The Balaban J connectivity index is 2.49. The first-order valence-corrected chi connectivity index (χ1v) is 7.48. The maximum atomic E-state index is 5.80. The fourth-order valence-electron chi connectivity index (χ4n) is 2.42. The number of rotatable bonds is 5. The lowest BCUT2D eigenvalue weighted by Gasteiger charge is -2.19. The molecule has 0 saturated heterocycles. The highest BCUT2D eigenvalue weighted by Gasteiger charge is 2.21. The topological polar surface area (TPSA) is 68.8 Å². The van der Waals surface area contributed by atoms with E-state index in [0.29, 0.717) is 0 Å². The van der Waals surface area contributed by atoms with Crippen molar-refractivity contribution in [1.29, 1.82) is 0 Å². The van der Waals surface area contributed by atoms with Crippen LogP contribution in [-0.2, 0) is 6.54 Å². The van der Waals surface area contributed by atoms with Gasteiger partial charge in [-0.3, -0.25) is 15.5 Å². The van der Waals surface area contributed by atoms with Crippen LogP contribution in [-0.4, -0.2) is 14.8 Å². The van der Waals surface area contributed by atoms with E-state index in [4.69, 9.17) is 5.84 Å². The fraction of sp³-hybridized carbons (Fsp3) is 0.429. The van der Waals surface area contributed by atoms with Gasteiger partial charge in [-0.05, 0) is 53.9 Å². The molecular weight excluding hydrogens is 318 g/mol. The summed E-state index contributed by atoms with van der Waals surface area (Å²) in [6.45, 7) is 6.97. The largest absolute Gasteiger partial charge is 0.271 e. The van der Waals surface area contributed by atoms with E-state index in [0.717, 1.165) is 40.1 Å². The highest BCUT2D eigenvalue weighted by Crippen LogP contribution is 2.28. The van der Waals surface area contributed by atoms with Gasteiger partial charge in [0.05, 0.1) is 22.4 Å². The number of aromatic nitrogens is 3. The molecule has 0 bridgehead atoms. The van der Waals surface area contributed by atoms with Gasteiger partial charge in [-0.15, -0.1) is 0 Å². The molecule has 0 aliphatic rings. The summed E-state index contributed by atoms with van der Waals surface area (Å²) < 4.78 is 2.95. The molecule has 1 unspecified atom stereocenters. The van der Waals surface area contributed by atoms with Crippen molar-refractivity contribution in [2.24, 2.45) is 5.84 Å². The van der Waals surface area contributed by atoms with Crippen molar-refractivity contribution >= 4 is 15.9 Å². The van der Waals surface area contributed by atoms with E-state index in [9.17, 15) is 0 Å². The van der Waals surface area contributed by atoms with E-state index in [-0.39, 0.29) is 6.04 Å². The lowest BCUT2D eigenvalue weighted by Crippen LogP contribution is -2.31. The summed E-state index contributed by atoms with van der Waals surface area (Å²) >= 11 is 3.57. The Kier molecular flexibility index (Phi) is 4.91. The van der Waals surface area contributed by atoms with Crippen molar-refractivity contribution in [3.8, 4) is 0 Å². The average molecular weight is 338 g/mol. The molecule has 3 N–H and O–H groups in total. The minimum atomic E-state index is -0.112. The molecule has 20 heavy (non-hydrogen) atoms. The van der Waals surface area contributed by atoms with Crippen LogP contribution in [0.15, 0.2) is 22.8 Å². The van der Waals surface area contributed by atoms with Crippen LogP contribution in [0, 0.1) is 13.8 Å². The quantitative estimate of drug-likeness (QED) is 0.650. The van der Waals surface area contributed by atoms with Gasteiger partial charge in [0.2, 0.25) is 0 Å². The van der Waals surface area contributed by atoms with E-state index in [1.165, 1.54) is 0 Å². The number of hydrogen-bond donors (Lipinski definition) is 2. The Morgan fingerprint density at radius 2 is 2.00 bits per heavy atom. The highest BCUT2D eigenvalue weighted by molar-refractivity contribution is 9.10. The van der Waals surface area contributed by atoms with Crippen LogP contribution >= 0.6 is 15.9 Å². The number of halogens is 1. The van der Waals surface area contributed by atoms with E-state index in [1.807, 2.05) is 36.9 Å². The van der Waals surface area contributed by atoms with Gasteiger partial charge >= 0.3 is 0 Å². The Bertz CT molecular complexity index is 573. The standard InChI is InChI=1S/C14H20BrN5/c1-4-5-20-14(12(15)8-17-20)13(19-16)11-6-9(2)18-10(3)7-11/h6-8,13,19H,4-5,16H2,1-3H3. The second kappa shape index (κ2) is 6.47. The number of nitrogens with one attached hydrogen (secondary N) is 1. The molecule has 2 aromatic heterocycles. The van der Waals surface area contributed by atoms with Crippen molar-refractivity contribution in [3.05, 3.63) is 45.4 Å². The Morgan fingerprint density at radius 3 is 2.55 bits per heavy atom. The molecule has 6 heteroatoms. The Hall–Kier alpha value is -1.24. The molecule has 0 fully saturated rings. The lowest BCUT2D eigenvalue weighted by molar-refractivity contribution is 0.519. The molecule has 0 aromatic carbocycles. The van der Waals surface area contributed by atoms with Gasteiger partial charge in [0.25, 0.3) is 0 Å². The van der Waals surface area contributed by atoms with Gasteiger partial charge in [0, 0.05) is 17.9 Å². The van der Waals surface area contributed by atoms with Gasteiger partial charge in [-0.1, -0.05) is 6.92 Å². The van der Waals surface area contributed by atoms with E-state index >= 15 is 0 Å². The molecule has 0 spiro atoms. The monoisotopic (exact) mass is 337 g/mol. The minimum Gasteiger partial charge on any atom is -0.271 e. The maximum absolute atomic E-state index is 5.80. The number of nitrogens with zero attached hydrogens (tertiary/aromatic N) is 3. The van der Waals surface area contributed by atoms with Crippen LogP contribution in [0.25, 0.3) is 0 Å². The average Bonchev–Trinajstić information content (AvgIpc) is 2.72. The molecule has 1 atom stereocenters. The van der Waals surface area contributed by atoms with E-state index < -0.39 is 0 Å². The third kappa shape index (κ3) is 3.08. The highest BCUT2D eigenvalue weighted by atomic mass is 79.9. The number of nitrogens with two attached hydrogens (primary N) is 1. The van der Waals surface area contributed by atoms with Gasteiger partial charge in [0.1, 0.15) is 0 Å². The summed E-state index contributed by atoms with van der Waals surface area (Å²) in [5, 5.41) is 4.40. The van der Waals surface area contributed by atoms with Crippen molar-refractivity contribution < 1.29 is 0 Å². The van der Waals surface area contributed by atoms with Crippen LogP contribution in [0.1, 0.15) is 42.0 Å². The second-order valence-electron chi connectivity index (χ2n) is 4.88. The smallest absolute Gasteiger partial charge is 0.0891 e. The van der Waals surface area contributed by atoms with Crippen molar-refractivity contribution in [2.75, 3.05) is 0 Å². The molecule has 2 rings (SSSR count). The van der Waals surface area contributed by atoms with Crippen molar-refractivity contribution in [3.63, 3.8) is 0 Å². The van der Waals surface area contributed by atoms with Crippen LogP contribution in [0.2, 0.25) is 0 Å². The normalized spacial score (nSPS) is 12.7. The van der Waals surface area contributed by atoms with Gasteiger partial charge in [0.15, 0.2) is 0 Å². The third-order valence-electron chi connectivity index (χ3n) is 3.15. The first-order valence-electron chi connectivity index (χ1n) is 6.69. The molecule has 2 aromatic rings. The first kappa shape index (κ1) is 15.2. The lowest BCUT2D eigenvalue weighted by atomic mass is 10.0. The molecule has 108 valence electrons. The predicted octanol–water partition coefficient (Wildman–Crippen LogP) is 2.62. The van der Waals surface area contributed by atoms with Gasteiger partial charge in [-0.2, -0.15) is 5.10 Å². The van der Waals surface area contributed by atoms with Gasteiger partial charge < -0.3 is 0 Å². The van der Waals surface area contributed by atoms with Crippen LogP contribution < -0.4 is 11.3 Å². The van der Waals surface area contributed by atoms with Crippen LogP contribution in [0.5, 0.6) is 0 Å². The Morgan fingerprint density at radius 1 is 1.35 bits per heavy atom. The molecule has 0 amide bonds. The summed E-state index contributed by atoms with van der Waals surface area (Å²) in [6, 6.07) is 3.99. The SMILES string of the molecule is CCCn1ncc(Br)c1C(NN)c1cc(C)nc(C)c1. The van der Waals surface area contributed by atoms with Crippen LogP contribution in [0.4, 0.5) is 0 Å². The number of hydrogen-bond acceptors (Lipinski definition) is 4. The van der Waals surface area contributed by atoms with E-state index in [1.54, 1.807) is 0 Å². The van der Waals surface area contributed by atoms with Crippen molar-refractivity contribution in [1.82, 2.24) is 20.2 Å². The molecule has 0 radical (unpaired) electrons. The molecule has 5 nitrogen and oxygen atoms in total. The number of aryl methyl sites for hydroxylation is 3.